The molecule has 4 nitrogen and oxygen atoms in total. The number of furan rings is 1. The van der Waals surface area contributed by atoms with E-state index in [1.807, 2.05) is 12.1 Å². The van der Waals surface area contributed by atoms with Gasteiger partial charge in [0.1, 0.15) is 5.76 Å². The molecule has 21 heavy (non-hydrogen) atoms. The summed E-state index contributed by atoms with van der Waals surface area (Å²) in [6.45, 7) is 7.14. The maximum Gasteiger partial charge on any atom is 0.184 e. The molecule has 0 atom stereocenters. The molecule has 0 radical (unpaired) electrons. The molecule has 4 heteroatoms. The number of benzene rings is 1. The van der Waals surface area contributed by atoms with E-state index >= 15 is 0 Å². The number of hydrogen-bond donors (Lipinski definition) is 1. The van der Waals surface area contributed by atoms with E-state index in [2.05, 4.69) is 31.3 Å². The Morgan fingerprint density at radius 3 is 2.62 bits per heavy atom. The molecule has 1 N–H and O–H groups in total. The topological polar surface area (TPSA) is 43.6 Å². The summed E-state index contributed by atoms with van der Waals surface area (Å²) in [5.41, 5.74) is 4.89. The molecule has 0 amide bonds. The van der Waals surface area contributed by atoms with Gasteiger partial charge in [-0.15, -0.1) is 0 Å². The molecule has 0 saturated carbocycles. The first-order valence-corrected chi connectivity index (χ1v) is 7.30. The molecule has 2 aromatic rings. The molecule has 1 aromatic carbocycles. The summed E-state index contributed by atoms with van der Waals surface area (Å²) in [6.07, 6.45) is 1.50. The summed E-state index contributed by atoms with van der Waals surface area (Å²) in [6, 6.07) is 8.27. The smallest absolute Gasteiger partial charge is 0.184 e. The molecule has 2 heterocycles. The van der Waals surface area contributed by atoms with Crippen LogP contribution in [0.4, 0.5) is 0 Å². The Morgan fingerprint density at radius 2 is 1.90 bits per heavy atom. The van der Waals surface area contributed by atoms with Crippen molar-refractivity contribution in [1.82, 2.24) is 5.32 Å². The summed E-state index contributed by atoms with van der Waals surface area (Å²) >= 11 is 0. The van der Waals surface area contributed by atoms with Crippen molar-refractivity contribution in [3.63, 3.8) is 0 Å². The molecular formula is C17H21NO3. The lowest BCUT2D eigenvalue weighted by Gasteiger charge is -2.16. The zero-order valence-corrected chi connectivity index (χ0v) is 12.5. The fourth-order valence-electron chi connectivity index (χ4n) is 2.61. The Kier molecular flexibility index (Phi) is 4.39. The van der Waals surface area contributed by atoms with Crippen LogP contribution in [-0.4, -0.2) is 13.2 Å². The number of ether oxygens (including phenoxy) is 2. The second kappa shape index (κ2) is 6.43. The summed E-state index contributed by atoms with van der Waals surface area (Å²) < 4.78 is 16.5. The molecule has 0 spiro atoms. The molecule has 0 bridgehead atoms. The Hall–Kier alpha value is -1.62. The third kappa shape index (κ3) is 3.35. The Balaban J connectivity index is 1.66. The molecular weight excluding hydrogens is 266 g/mol. The van der Waals surface area contributed by atoms with Crippen LogP contribution >= 0.6 is 0 Å². The third-order valence-corrected chi connectivity index (χ3v) is 3.80. The van der Waals surface area contributed by atoms with Crippen LogP contribution in [0.1, 0.15) is 34.3 Å². The van der Waals surface area contributed by atoms with Crippen LogP contribution in [0.25, 0.3) is 0 Å². The van der Waals surface area contributed by atoms with Crippen molar-refractivity contribution in [3.05, 3.63) is 58.5 Å². The number of aryl methyl sites for hydroxylation is 2. The van der Waals surface area contributed by atoms with Crippen LogP contribution in [0, 0.1) is 13.8 Å². The zero-order chi connectivity index (χ0) is 14.7. The van der Waals surface area contributed by atoms with E-state index in [1.54, 1.807) is 6.26 Å². The molecule has 0 aliphatic carbocycles. The summed E-state index contributed by atoms with van der Waals surface area (Å²) in [5, 5.41) is 3.40. The van der Waals surface area contributed by atoms with Crippen molar-refractivity contribution in [2.45, 2.75) is 33.2 Å². The maximum absolute atomic E-state index is 5.59. The molecule has 1 aliphatic heterocycles. The second-order valence-electron chi connectivity index (χ2n) is 5.39. The SMILES string of the molecule is Cc1cc(C2OCCO2)c(C)cc1CNCc1ccco1. The van der Waals surface area contributed by atoms with Gasteiger partial charge in [0.25, 0.3) is 0 Å². The van der Waals surface area contributed by atoms with E-state index in [1.165, 1.54) is 16.7 Å². The van der Waals surface area contributed by atoms with Gasteiger partial charge in [0.05, 0.1) is 26.0 Å². The van der Waals surface area contributed by atoms with Gasteiger partial charge in [0.15, 0.2) is 6.29 Å². The van der Waals surface area contributed by atoms with Crippen molar-refractivity contribution in [3.8, 4) is 0 Å². The fourth-order valence-corrected chi connectivity index (χ4v) is 2.61. The van der Waals surface area contributed by atoms with Crippen molar-refractivity contribution in [2.75, 3.05) is 13.2 Å². The normalized spacial score (nSPS) is 15.7. The van der Waals surface area contributed by atoms with E-state index in [4.69, 9.17) is 13.9 Å². The Morgan fingerprint density at radius 1 is 1.10 bits per heavy atom. The molecule has 1 saturated heterocycles. The predicted molar refractivity (Wildman–Crippen MR) is 79.8 cm³/mol. The van der Waals surface area contributed by atoms with Crippen LogP contribution < -0.4 is 5.32 Å². The van der Waals surface area contributed by atoms with E-state index < -0.39 is 0 Å². The van der Waals surface area contributed by atoms with Gasteiger partial charge < -0.3 is 19.2 Å². The van der Waals surface area contributed by atoms with Crippen molar-refractivity contribution >= 4 is 0 Å². The van der Waals surface area contributed by atoms with E-state index in [-0.39, 0.29) is 6.29 Å². The molecule has 0 unspecified atom stereocenters. The first-order valence-electron chi connectivity index (χ1n) is 7.30. The first kappa shape index (κ1) is 14.3. The lowest BCUT2D eigenvalue weighted by Crippen LogP contribution is -2.14. The minimum Gasteiger partial charge on any atom is -0.468 e. The molecule has 1 fully saturated rings. The largest absolute Gasteiger partial charge is 0.468 e. The highest BCUT2D eigenvalue weighted by Crippen LogP contribution is 2.28. The predicted octanol–water partition coefficient (Wildman–Crippen LogP) is 3.23. The van der Waals surface area contributed by atoms with E-state index in [9.17, 15) is 0 Å². The van der Waals surface area contributed by atoms with Crippen LogP contribution in [0.15, 0.2) is 34.9 Å². The number of hydrogen-bond acceptors (Lipinski definition) is 4. The monoisotopic (exact) mass is 287 g/mol. The van der Waals surface area contributed by atoms with E-state index in [0.29, 0.717) is 13.2 Å². The van der Waals surface area contributed by atoms with Crippen molar-refractivity contribution in [1.29, 1.82) is 0 Å². The lowest BCUT2D eigenvalue weighted by molar-refractivity contribution is -0.0445. The van der Waals surface area contributed by atoms with Gasteiger partial charge in [-0.25, -0.2) is 0 Å². The maximum atomic E-state index is 5.59. The average Bonchev–Trinajstić information content (AvgIpc) is 3.15. The van der Waals surface area contributed by atoms with Gasteiger partial charge in [-0.3, -0.25) is 0 Å². The first-order chi connectivity index (χ1) is 10.2. The molecule has 1 aliphatic rings. The zero-order valence-electron chi connectivity index (χ0n) is 12.5. The Labute approximate surface area is 125 Å². The van der Waals surface area contributed by atoms with Crippen LogP contribution in [-0.2, 0) is 22.6 Å². The third-order valence-electron chi connectivity index (χ3n) is 3.80. The highest BCUT2D eigenvalue weighted by atomic mass is 16.7. The van der Waals surface area contributed by atoms with Gasteiger partial charge in [0, 0.05) is 12.1 Å². The molecule has 3 rings (SSSR count). The number of nitrogens with one attached hydrogen (secondary N) is 1. The van der Waals surface area contributed by atoms with Crippen molar-refractivity contribution in [2.24, 2.45) is 0 Å². The number of rotatable bonds is 5. The van der Waals surface area contributed by atoms with Gasteiger partial charge in [0.2, 0.25) is 0 Å². The highest BCUT2D eigenvalue weighted by Gasteiger charge is 2.20. The fraction of sp³-hybridized carbons (Fsp3) is 0.412. The summed E-state index contributed by atoms with van der Waals surface area (Å²) in [4.78, 5) is 0. The summed E-state index contributed by atoms with van der Waals surface area (Å²) in [7, 11) is 0. The average molecular weight is 287 g/mol. The van der Waals surface area contributed by atoms with Crippen LogP contribution in [0.2, 0.25) is 0 Å². The minimum absolute atomic E-state index is 0.200. The van der Waals surface area contributed by atoms with Crippen molar-refractivity contribution < 1.29 is 13.9 Å². The minimum atomic E-state index is -0.200. The molecule has 1 aromatic heterocycles. The Bertz CT molecular complexity index is 586. The molecule has 112 valence electrons. The summed E-state index contributed by atoms with van der Waals surface area (Å²) in [5.74, 6) is 0.953. The second-order valence-corrected chi connectivity index (χ2v) is 5.39. The lowest BCUT2D eigenvalue weighted by atomic mass is 9.99. The standard InChI is InChI=1S/C17H21NO3/c1-12-9-16(17-20-6-7-21-17)13(2)8-14(12)10-18-11-15-4-3-5-19-15/h3-5,8-9,17-18H,6-7,10-11H2,1-2H3. The van der Waals surface area contributed by atoms with Gasteiger partial charge in [-0.1, -0.05) is 12.1 Å². The van der Waals surface area contributed by atoms with Crippen LogP contribution in [0.3, 0.4) is 0 Å². The quantitative estimate of drug-likeness (QED) is 0.917. The van der Waals surface area contributed by atoms with Gasteiger partial charge in [-0.2, -0.15) is 0 Å². The van der Waals surface area contributed by atoms with Gasteiger partial charge in [-0.05, 0) is 42.7 Å². The van der Waals surface area contributed by atoms with E-state index in [0.717, 1.165) is 24.4 Å². The van der Waals surface area contributed by atoms with Crippen LogP contribution in [0.5, 0.6) is 0 Å². The highest BCUT2D eigenvalue weighted by molar-refractivity contribution is 5.38. The van der Waals surface area contributed by atoms with Gasteiger partial charge >= 0.3 is 0 Å².